The predicted molar refractivity (Wildman–Crippen MR) is 115 cm³/mol. The Hall–Kier alpha value is -1.99. The number of aromatic nitrogens is 1. The zero-order valence-electron chi connectivity index (χ0n) is 16.6. The smallest absolute Gasteiger partial charge is 0.269 e. The molecule has 0 saturated carbocycles. The van der Waals surface area contributed by atoms with Crippen molar-refractivity contribution < 1.29 is 9.59 Å². The van der Waals surface area contributed by atoms with Crippen LogP contribution in [-0.4, -0.2) is 34.2 Å². The van der Waals surface area contributed by atoms with Crippen molar-refractivity contribution in [3.63, 3.8) is 0 Å². The zero-order chi connectivity index (χ0) is 20.3. The highest BCUT2D eigenvalue weighted by atomic mass is 32.1. The molecule has 0 aliphatic carbocycles. The number of carbonyl (C=O) groups excluding carboxylic acids is 2. The fraction of sp³-hybridized carbons (Fsp3) is 0.476. The maximum absolute atomic E-state index is 13.0. The number of Topliss-reactive ketones (excluding diaryl/α,β-unsaturated/α-hetero) is 1. The molecule has 7 heteroatoms. The summed E-state index contributed by atoms with van der Waals surface area (Å²) < 4.78 is 2.54. The Balaban J connectivity index is 2.04. The van der Waals surface area contributed by atoms with Crippen LogP contribution in [-0.2, 0) is 16.1 Å². The molecule has 3 rings (SSSR count). The molecule has 0 N–H and O–H groups in total. The second-order valence-corrected chi connectivity index (χ2v) is 9.94. The number of thiophene rings is 1. The number of amides is 1. The first-order valence-electron chi connectivity index (χ1n) is 9.53. The summed E-state index contributed by atoms with van der Waals surface area (Å²) in [5.74, 6) is -0.116. The Morgan fingerprint density at radius 2 is 1.89 bits per heavy atom. The van der Waals surface area contributed by atoms with Gasteiger partial charge in [-0.1, -0.05) is 20.8 Å². The van der Waals surface area contributed by atoms with Crippen molar-refractivity contribution >= 4 is 46.5 Å². The van der Waals surface area contributed by atoms with Gasteiger partial charge in [-0.2, -0.15) is 11.3 Å². The van der Waals surface area contributed by atoms with E-state index in [1.54, 1.807) is 11.3 Å². The van der Waals surface area contributed by atoms with Gasteiger partial charge in [0.15, 0.2) is 5.78 Å². The van der Waals surface area contributed by atoms with Gasteiger partial charge in [0.05, 0.1) is 4.53 Å². The van der Waals surface area contributed by atoms with Crippen LogP contribution in [0.3, 0.4) is 0 Å². The van der Waals surface area contributed by atoms with Crippen molar-refractivity contribution in [2.45, 2.75) is 46.6 Å². The van der Waals surface area contributed by atoms with Crippen LogP contribution in [0.25, 0.3) is 12.2 Å². The lowest BCUT2D eigenvalue weighted by Gasteiger charge is -2.26. The molecular weight excluding hydrogens is 392 g/mol. The third kappa shape index (κ3) is 4.89. The number of thiazole rings is 1. The number of hydrogen-bond acceptors (Lipinski definition) is 5. The molecule has 5 nitrogen and oxygen atoms in total. The van der Waals surface area contributed by atoms with Crippen LogP contribution in [0.2, 0.25) is 0 Å². The summed E-state index contributed by atoms with van der Waals surface area (Å²) in [6.45, 7) is 7.00. The minimum absolute atomic E-state index is 0.0178. The summed E-state index contributed by atoms with van der Waals surface area (Å²) in [6, 6.07) is 1.94. The van der Waals surface area contributed by atoms with Crippen LogP contribution in [0.15, 0.2) is 21.6 Å². The van der Waals surface area contributed by atoms with Crippen molar-refractivity contribution in [1.29, 1.82) is 0 Å². The van der Waals surface area contributed by atoms with Crippen LogP contribution in [0.4, 0.5) is 0 Å². The predicted octanol–water partition coefficient (Wildman–Crippen LogP) is 2.21. The molecular formula is C21H26N2O3S2. The normalized spacial score (nSPS) is 16.6. The average molecular weight is 419 g/mol. The fourth-order valence-electron chi connectivity index (χ4n) is 3.01. The van der Waals surface area contributed by atoms with Gasteiger partial charge in [-0.3, -0.25) is 19.0 Å². The van der Waals surface area contributed by atoms with Crippen molar-refractivity contribution in [1.82, 2.24) is 9.47 Å². The second kappa shape index (κ2) is 8.57. The van der Waals surface area contributed by atoms with Crippen molar-refractivity contribution in [2.75, 3.05) is 13.1 Å². The van der Waals surface area contributed by atoms with Crippen LogP contribution in [0, 0.1) is 5.41 Å². The third-order valence-corrected chi connectivity index (χ3v) is 6.53. The van der Waals surface area contributed by atoms with Gasteiger partial charge in [-0.15, -0.1) is 11.3 Å². The number of carbonyl (C=O) groups is 2. The molecule has 1 aliphatic heterocycles. The van der Waals surface area contributed by atoms with Gasteiger partial charge in [0.1, 0.15) is 11.2 Å². The van der Waals surface area contributed by atoms with Gasteiger partial charge in [-0.05, 0) is 47.7 Å². The van der Waals surface area contributed by atoms with Gasteiger partial charge >= 0.3 is 0 Å². The molecule has 0 bridgehead atoms. The highest BCUT2D eigenvalue weighted by Gasteiger charge is 2.21. The number of hydrogen-bond donors (Lipinski definition) is 0. The molecule has 0 aromatic carbocycles. The molecule has 0 spiro atoms. The molecule has 1 saturated heterocycles. The van der Waals surface area contributed by atoms with Crippen LogP contribution in [0.5, 0.6) is 0 Å². The lowest BCUT2D eigenvalue weighted by Crippen LogP contribution is -2.42. The molecule has 0 unspecified atom stereocenters. The summed E-state index contributed by atoms with van der Waals surface area (Å²) >= 11 is 2.83. The summed E-state index contributed by atoms with van der Waals surface area (Å²) in [6.07, 6.45) is 6.48. The summed E-state index contributed by atoms with van der Waals surface area (Å²) in [5.41, 5.74) is 0.194. The maximum Gasteiger partial charge on any atom is 0.269 e. The summed E-state index contributed by atoms with van der Waals surface area (Å²) in [5, 5.41) is 3.92. The first-order chi connectivity index (χ1) is 13.3. The molecule has 0 radical (unpaired) electrons. The average Bonchev–Trinajstić information content (AvgIpc) is 3.26. The Morgan fingerprint density at radius 3 is 2.50 bits per heavy atom. The minimum Gasteiger partial charge on any atom is -0.341 e. The Labute approximate surface area is 172 Å². The Kier molecular flexibility index (Phi) is 6.35. The number of rotatable bonds is 4. The first-order valence-corrected chi connectivity index (χ1v) is 11.3. The topological polar surface area (TPSA) is 59.4 Å². The van der Waals surface area contributed by atoms with E-state index in [0.29, 0.717) is 9.20 Å². The molecule has 3 heterocycles. The third-order valence-electron chi connectivity index (χ3n) is 4.77. The van der Waals surface area contributed by atoms with E-state index in [2.05, 4.69) is 0 Å². The molecule has 1 amide bonds. The molecule has 2 aromatic rings. The van der Waals surface area contributed by atoms with E-state index in [1.165, 1.54) is 22.0 Å². The van der Waals surface area contributed by atoms with Gasteiger partial charge in [0.2, 0.25) is 5.91 Å². The van der Waals surface area contributed by atoms with Crippen LogP contribution < -0.4 is 14.8 Å². The van der Waals surface area contributed by atoms with Crippen molar-refractivity contribution in [3.8, 4) is 0 Å². The van der Waals surface area contributed by atoms with Crippen molar-refractivity contribution in [2.24, 2.45) is 5.41 Å². The van der Waals surface area contributed by atoms with E-state index in [9.17, 15) is 14.4 Å². The van der Waals surface area contributed by atoms with Crippen LogP contribution in [0.1, 0.15) is 45.6 Å². The largest absolute Gasteiger partial charge is 0.341 e. The molecule has 28 heavy (non-hydrogen) atoms. The Bertz CT molecular complexity index is 1020. The van der Waals surface area contributed by atoms with E-state index < -0.39 is 5.41 Å². The molecule has 1 aliphatic rings. The van der Waals surface area contributed by atoms with E-state index in [-0.39, 0.29) is 23.8 Å². The van der Waals surface area contributed by atoms with E-state index in [1.807, 2.05) is 48.6 Å². The maximum atomic E-state index is 13.0. The van der Waals surface area contributed by atoms with Crippen LogP contribution >= 0.6 is 22.7 Å². The summed E-state index contributed by atoms with van der Waals surface area (Å²) in [7, 11) is 0. The van der Waals surface area contributed by atoms with Gasteiger partial charge in [0.25, 0.3) is 5.56 Å². The number of nitrogens with zero attached hydrogens (tertiary/aromatic N) is 2. The molecule has 1 fully saturated rings. The number of piperidine rings is 1. The van der Waals surface area contributed by atoms with Gasteiger partial charge in [-0.25, -0.2) is 0 Å². The van der Waals surface area contributed by atoms with Gasteiger partial charge < -0.3 is 4.90 Å². The molecule has 150 valence electrons. The second-order valence-electron chi connectivity index (χ2n) is 8.10. The lowest BCUT2D eigenvalue weighted by molar-refractivity contribution is -0.132. The van der Waals surface area contributed by atoms with Crippen molar-refractivity contribution in [3.05, 3.63) is 41.9 Å². The van der Waals surface area contributed by atoms with Gasteiger partial charge in [0, 0.05) is 24.6 Å². The van der Waals surface area contributed by atoms with E-state index in [0.717, 1.165) is 37.9 Å². The fourth-order valence-corrected chi connectivity index (χ4v) is 4.67. The quantitative estimate of drug-likeness (QED) is 0.765. The lowest BCUT2D eigenvalue weighted by atomic mass is 9.91. The standard InChI is InChI=1S/C21H26N2O3S2/c1-21(2,3)17(24)12-19-23(13-18(25)22-8-5-4-6-9-22)20(26)16(28-19)11-15-7-10-27-14-15/h7,10-12,14H,4-6,8-9,13H2,1-3H3. The highest BCUT2D eigenvalue weighted by Crippen LogP contribution is 2.15. The van der Waals surface area contributed by atoms with E-state index >= 15 is 0 Å². The molecule has 2 aromatic heterocycles. The Morgan fingerprint density at radius 1 is 1.18 bits per heavy atom. The SMILES string of the molecule is CC(C)(C)C(=O)C=c1sc(=Cc2ccsc2)c(=O)n1CC(=O)N1CCCCC1. The summed E-state index contributed by atoms with van der Waals surface area (Å²) in [4.78, 5) is 40.1. The molecule has 0 atom stereocenters. The monoisotopic (exact) mass is 418 g/mol. The minimum atomic E-state index is -0.543. The number of likely N-dealkylation sites (tertiary alicyclic amines) is 1. The highest BCUT2D eigenvalue weighted by molar-refractivity contribution is 7.08. The zero-order valence-corrected chi connectivity index (χ0v) is 18.2. The van der Waals surface area contributed by atoms with E-state index in [4.69, 9.17) is 0 Å². The first kappa shape index (κ1) is 20.7. The number of ketones is 1.